The number of pyridine rings is 2. The van der Waals surface area contributed by atoms with Crippen molar-refractivity contribution in [1.29, 1.82) is 0 Å². The predicted molar refractivity (Wildman–Crippen MR) is 81.0 cm³/mol. The maximum absolute atomic E-state index is 5.60. The van der Waals surface area contributed by atoms with Crippen LogP contribution in [0.4, 0.5) is 11.6 Å². The van der Waals surface area contributed by atoms with Crippen LogP contribution in [0.5, 0.6) is 0 Å². The fourth-order valence-corrected chi connectivity index (χ4v) is 2.15. The average molecular weight is 271 g/mol. The van der Waals surface area contributed by atoms with Crippen molar-refractivity contribution in [2.45, 2.75) is 26.9 Å². The van der Waals surface area contributed by atoms with Crippen molar-refractivity contribution in [3.8, 4) is 0 Å². The van der Waals surface area contributed by atoms with Crippen molar-refractivity contribution in [3.63, 3.8) is 0 Å². The first kappa shape index (κ1) is 14.5. The summed E-state index contributed by atoms with van der Waals surface area (Å²) in [6, 6.07) is 11.6. The van der Waals surface area contributed by atoms with Gasteiger partial charge in [-0.1, -0.05) is 32.9 Å². The second kappa shape index (κ2) is 6.01. The summed E-state index contributed by atoms with van der Waals surface area (Å²) in [4.78, 5) is 8.86. The highest BCUT2D eigenvalue weighted by molar-refractivity contribution is 5.51. The lowest BCUT2D eigenvalue weighted by Gasteiger charge is -2.29. The van der Waals surface area contributed by atoms with Crippen molar-refractivity contribution in [2.75, 3.05) is 12.4 Å². The van der Waals surface area contributed by atoms with E-state index in [-0.39, 0.29) is 11.5 Å². The molecule has 1 N–H and O–H groups in total. The Kier molecular flexibility index (Phi) is 4.35. The third-order valence-electron chi connectivity index (χ3n) is 2.98. The molecule has 0 amide bonds. The van der Waals surface area contributed by atoms with E-state index >= 15 is 0 Å². The Morgan fingerprint density at radius 1 is 1.05 bits per heavy atom. The molecule has 0 saturated heterocycles. The molecule has 2 aromatic heterocycles. The van der Waals surface area contributed by atoms with Gasteiger partial charge in [0, 0.05) is 13.3 Å². The van der Waals surface area contributed by atoms with Crippen LogP contribution in [0.3, 0.4) is 0 Å². The highest BCUT2D eigenvalue weighted by Crippen LogP contribution is 2.34. The van der Waals surface area contributed by atoms with E-state index in [2.05, 4.69) is 36.1 Å². The topological polar surface area (TPSA) is 47.0 Å². The standard InChI is InChI=1S/C16H21N3O/c1-16(2,3)15(20-4)12-8-7-10-14(18-12)19-13-9-5-6-11-17-13/h5-11,15H,1-4H3,(H,17,18,19)/t15-/m0/s1. The molecule has 0 aliphatic heterocycles. The summed E-state index contributed by atoms with van der Waals surface area (Å²) in [7, 11) is 1.72. The van der Waals surface area contributed by atoms with Gasteiger partial charge in [0.1, 0.15) is 17.7 Å². The number of aromatic nitrogens is 2. The van der Waals surface area contributed by atoms with Crippen LogP contribution >= 0.6 is 0 Å². The zero-order valence-corrected chi connectivity index (χ0v) is 12.4. The summed E-state index contributed by atoms with van der Waals surface area (Å²) in [6.07, 6.45) is 1.70. The highest BCUT2D eigenvalue weighted by Gasteiger charge is 2.27. The third-order valence-corrected chi connectivity index (χ3v) is 2.98. The van der Waals surface area contributed by atoms with Gasteiger partial charge in [-0.2, -0.15) is 0 Å². The van der Waals surface area contributed by atoms with E-state index in [4.69, 9.17) is 4.74 Å². The van der Waals surface area contributed by atoms with E-state index in [1.807, 2.05) is 36.4 Å². The quantitative estimate of drug-likeness (QED) is 0.914. The van der Waals surface area contributed by atoms with Crippen molar-refractivity contribution in [1.82, 2.24) is 9.97 Å². The van der Waals surface area contributed by atoms with Gasteiger partial charge >= 0.3 is 0 Å². The van der Waals surface area contributed by atoms with E-state index in [0.29, 0.717) is 0 Å². The summed E-state index contributed by atoms with van der Waals surface area (Å²) in [5, 5.41) is 3.20. The van der Waals surface area contributed by atoms with Gasteiger partial charge in [0.25, 0.3) is 0 Å². The SMILES string of the molecule is CO[C@@H](c1cccc(Nc2ccccn2)n1)C(C)(C)C. The molecule has 0 spiro atoms. The fraction of sp³-hybridized carbons (Fsp3) is 0.375. The minimum Gasteiger partial charge on any atom is -0.375 e. The van der Waals surface area contributed by atoms with Gasteiger partial charge in [0.05, 0.1) is 5.69 Å². The number of methoxy groups -OCH3 is 1. The molecular formula is C16H21N3O. The van der Waals surface area contributed by atoms with Gasteiger partial charge in [-0.3, -0.25) is 0 Å². The van der Waals surface area contributed by atoms with Crippen LogP contribution in [0.1, 0.15) is 32.6 Å². The molecule has 0 saturated carbocycles. The van der Waals surface area contributed by atoms with E-state index in [1.54, 1.807) is 13.3 Å². The largest absolute Gasteiger partial charge is 0.375 e. The van der Waals surface area contributed by atoms with Crippen LogP contribution < -0.4 is 5.32 Å². The van der Waals surface area contributed by atoms with Crippen molar-refractivity contribution < 1.29 is 4.74 Å². The van der Waals surface area contributed by atoms with Crippen molar-refractivity contribution >= 4 is 11.6 Å². The summed E-state index contributed by atoms with van der Waals surface area (Å²) < 4.78 is 5.60. The first-order valence-electron chi connectivity index (χ1n) is 6.68. The lowest BCUT2D eigenvalue weighted by Crippen LogP contribution is -2.21. The molecule has 4 nitrogen and oxygen atoms in total. The summed E-state index contributed by atoms with van der Waals surface area (Å²) >= 11 is 0. The summed E-state index contributed by atoms with van der Waals surface area (Å²) in [5.41, 5.74) is 0.909. The van der Waals surface area contributed by atoms with E-state index in [9.17, 15) is 0 Å². The molecule has 2 heterocycles. The molecular weight excluding hydrogens is 250 g/mol. The Labute approximate surface area is 120 Å². The molecule has 1 atom stereocenters. The number of anilines is 2. The van der Waals surface area contributed by atoms with Gasteiger partial charge < -0.3 is 10.1 Å². The lowest BCUT2D eigenvalue weighted by atomic mass is 9.87. The molecule has 20 heavy (non-hydrogen) atoms. The Morgan fingerprint density at radius 3 is 2.40 bits per heavy atom. The number of hydrogen-bond donors (Lipinski definition) is 1. The van der Waals surface area contributed by atoms with Crippen LogP contribution in [0, 0.1) is 5.41 Å². The van der Waals surface area contributed by atoms with Crippen LogP contribution in [-0.4, -0.2) is 17.1 Å². The number of ether oxygens (including phenoxy) is 1. The van der Waals surface area contributed by atoms with Gasteiger partial charge in [-0.25, -0.2) is 9.97 Å². The first-order chi connectivity index (χ1) is 9.50. The Hall–Kier alpha value is -1.94. The lowest BCUT2D eigenvalue weighted by molar-refractivity contribution is 0.0122. The Morgan fingerprint density at radius 2 is 1.80 bits per heavy atom. The maximum atomic E-state index is 5.60. The number of nitrogens with one attached hydrogen (secondary N) is 1. The van der Waals surface area contributed by atoms with Crippen LogP contribution in [-0.2, 0) is 4.74 Å². The van der Waals surface area contributed by atoms with Crippen LogP contribution in [0.2, 0.25) is 0 Å². The van der Waals surface area contributed by atoms with E-state index in [0.717, 1.165) is 17.3 Å². The van der Waals surface area contributed by atoms with Gasteiger partial charge in [-0.05, 0) is 29.7 Å². The van der Waals surface area contributed by atoms with E-state index < -0.39 is 0 Å². The van der Waals surface area contributed by atoms with Gasteiger partial charge in [-0.15, -0.1) is 0 Å². The molecule has 0 aliphatic carbocycles. The highest BCUT2D eigenvalue weighted by atomic mass is 16.5. The Bertz CT molecular complexity index is 549. The normalized spacial score (nSPS) is 13.0. The number of hydrogen-bond acceptors (Lipinski definition) is 4. The zero-order valence-electron chi connectivity index (χ0n) is 12.4. The fourth-order valence-electron chi connectivity index (χ4n) is 2.15. The minimum absolute atomic E-state index is 0.00856. The molecule has 0 bridgehead atoms. The van der Waals surface area contributed by atoms with Crippen LogP contribution in [0.15, 0.2) is 42.6 Å². The smallest absolute Gasteiger partial charge is 0.131 e. The zero-order chi connectivity index (χ0) is 14.6. The molecule has 2 rings (SSSR count). The molecule has 0 unspecified atom stereocenters. The third kappa shape index (κ3) is 3.54. The number of nitrogens with zero attached hydrogens (tertiary/aromatic N) is 2. The maximum Gasteiger partial charge on any atom is 0.131 e. The Balaban J connectivity index is 2.24. The second-order valence-electron chi connectivity index (χ2n) is 5.77. The van der Waals surface area contributed by atoms with Gasteiger partial charge in [0.15, 0.2) is 0 Å². The van der Waals surface area contributed by atoms with Gasteiger partial charge in [0.2, 0.25) is 0 Å². The first-order valence-corrected chi connectivity index (χ1v) is 6.68. The average Bonchev–Trinajstić information content (AvgIpc) is 2.39. The molecule has 2 aromatic rings. The monoisotopic (exact) mass is 271 g/mol. The second-order valence-corrected chi connectivity index (χ2v) is 5.77. The molecule has 0 fully saturated rings. The van der Waals surface area contributed by atoms with Crippen molar-refractivity contribution in [2.24, 2.45) is 5.41 Å². The molecule has 0 aliphatic rings. The summed E-state index contributed by atoms with van der Waals surface area (Å²) in [6.45, 7) is 6.42. The molecule has 4 heteroatoms. The molecule has 0 aromatic carbocycles. The predicted octanol–water partition coefficient (Wildman–Crippen LogP) is 3.95. The summed E-state index contributed by atoms with van der Waals surface area (Å²) in [5.74, 6) is 1.55. The van der Waals surface area contributed by atoms with Crippen LogP contribution in [0.25, 0.3) is 0 Å². The number of rotatable bonds is 4. The molecule has 106 valence electrons. The van der Waals surface area contributed by atoms with E-state index in [1.165, 1.54) is 0 Å². The molecule has 0 radical (unpaired) electrons. The minimum atomic E-state index is -0.0482. The van der Waals surface area contributed by atoms with Crippen molar-refractivity contribution in [3.05, 3.63) is 48.3 Å².